The highest BCUT2D eigenvalue weighted by Crippen LogP contribution is 2.28. The molecular formula is C21H29N3O4. The van der Waals surface area contributed by atoms with Crippen LogP contribution in [0.4, 0.5) is 9.59 Å². The first-order valence-corrected chi connectivity index (χ1v) is 10.3. The summed E-state index contributed by atoms with van der Waals surface area (Å²) in [6, 6.07) is 8.08. The van der Waals surface area contributed by atoms with E-state index in [1.54, 1.807) is 16.9 Å². The van der Waals surface area contributed by atoms with E-state index in [0.29, 0.717) is 19.6 Å². The van der Waals surface area contributed by atoms with E-state index in [2.05, 4.69) is 5.32 Å². The molecule has 0 bridgehead atoms. The molecule has 2 unspecified atom stereocenters. The molecule has 0 spiro atoms. The fourth-order valence-corrected chi connectivity index (χ4v) is 4.48. The molecule has 2 aliphatic heterocycles. The summed E-state index contributed by atoms with van der Waals surface area (Å²) < 4.78 is 10.7. The van der Waals surface area contributed by atoms with Crippen LogP contribution in [0, 0.1) is 0 Å². The highest BCUT2D eigenvalue weighted by atomic mass is 16.6. The summed E-state index contributed by atoms with van der Waals surface area (Å²) in [7, 11) is 1.64. The van der Waals surface area contributed by atoms with Gasteiger partial charge in [0.05, 0.1) is 19.7 Å². The fourth-order valence-electron chi connectivity index (χ4n) is 4.48. The molecule has 0 radical (unpaired) electrons. The Labute approximate surface area is 166 Å². The molecule has 152 valence electrons. The smallest absolute Gasteiger partial charge is 0.410 e. The Bertz CT molecular complexity index is 702. The fraction of sp³-hybridized carbons (Fsp3) is 0.619. The van der Waals surface area contributed by atoms with Crippen LogP contribution >= 0.6 is 0 Å². The van der Waals surface area contributed by atoms with Crippen LogP contribution in [-0.4, -0.2) is 66.9 Å². The van der Waals surface area contributed by atoms with Gasteiger partial charge in [-0.3, -0.25) is 4.90 Å². The Hall–Kier alpha value is -2.44. The van der Waals surface area contributed by atoms with Gasteiger partial charge in [-0.15, -0.1) is 0 Å². The lowest BCUT2D eigenvalue weighted by molar-refractivity contribution is 0.122. The molecule has 1 aliphatic carbocycles. The Balaban J connectivity index is 1.31. The van der Waals surface area contributed by atoms with Crippen LogP contribution < -0.4 is 10.1 Å². The first-order chi connectivity index (χ1) is 13.6. The summed E-state index contributed by atoms with van der Waals surface area (Å²) in [5.74, 6) is 0.819. The molecule has 1 saturated carbocycles. The number of ether oxygens (including phenoxy) is 2. The summed E-state index contributed by atoms with van der Waals surface area (Å²) in [4.78, 5) is 28.5. The lowest BCUT2D eigenvalue weighted by Crippen LogP contribution is -2.46. The minimum atomic E-state index is -0.268. The molecule has 3 fully saturated rings. The Kier molecular flexibility index (Phi) is 5.59. The molecule has 1 aromatic carbocycles. The van der Waals surface area contributed by atoms with Crippen molar-refractivity contribution in [2.45, 2.75) is 56.7 Å². The standard InChI is InChI=1S/C21H29N3O4/c1-27-17-9-7-15(8-10-17)11-12-24-18-13-23(14-19(18)28-21(24)26)20(25)22-16-5-3-2-4-6-16/h7-10,16,18-19H,2-6,11-14H2,1H3,(H,22,25). The van der Waals surface area contributed by atoms with Crippen molar-refractivity contribution in [1.29, 1.82) is 0 Å². The van der Waals surface area contributed by atoms with Crippen molar-refractivity contribution in [2.24, 2.45) is 0 Å². The second-order valence-electron chi connectivity index (χ2n) is 7.97. The van der Waals surface area contributed by atoms with Crippen LogP contribution in [0.1, 0.15) is 37.7 Å². The van der Waals surface area contributed by atoms with E-state index in [1.165, 1.54) is 19.3 Å². The zero-order valence-corrected chi connectivity index (χ0v) is 16.4. The van der Waals surface area contributed by atoms with Gasteiger partial charge in [0.2, 0.25) is 0 Å². The normalized spacial score (nSPS) is 24.8. The summed E-state index contributed by atoms with van der Waals surface area (Å²) in [5, 5.41) is 3.16. The number of likely N-dealkylation sites (tertiary alicyclic amines) is 1. The number of hydrogen-bond acceptors (Lipinski definition) is 4. The molecule has 28 heavy (non-hydrogen) atoms. The third-order valence-electron chi connectivity index (χ3n) is 6.14. The van der Waals surface area contributed by atoms with Gasteiger partial charge in [-0.2, -0.15) is 0 Å². The second kappa shape index (κ2) is 8.29. The molecular weight excluding hydrogens is 358 g/mol. The van der Waals surface area contributed by atoms with Gasteiger partial charge in [0.15, 0.2) is 0 Å². The Morgan fingerprint density at radius 2 is 1.93 bits per heavy atom. The third kappa shape index (κ3) is 4.03. The van der Waals surface area contributed by atoms with E-state index < -0.39 is 0 Å². The van der Waals surface area contributed by atoms with Crippen molar-refractivity contribution in [3.63, 3.8) is 0 Å². The molecule has 2 heterocycles. The second-order valence-corrected chi connectivity index (χ2v) is 7.97. The van der Waals surface area contributed by atoms with E-state index in [1.807, 2.05) is 24.3 Å². The molecule has 3 amide bonds. The molecule has 1 N–H and O–H groups in total. The van der Waals surface area contributed by atoms with Gasteiger partial charge in [0.25, 0.3) is 0 Å². The maximum absolute atomic E-state index is 12.6. The van der Waals surface area contributed by atoms with Crippen molar-refractivity contribution in [1.82, 2.24) is 15.1 Å². The molecule has 2 saturated heterocycles. The average molecular weight is 387 g/mol. The van der Waals surface area contributed by atoms with Crippen LogP contribution in [0.2, 0.25) is 0 Å². The first kappa shape index (κ1) is 18.9. The van der Waals surface area contributed by atoms with Crippen LogP contribution in [0.25, 0.3) is 0 Å². The number of nitrogens with zero attached hydrogens (tertiary/aromatic N) is 2. The molecule has 4 rings (SSSR count). The summed E-state index contributed by atoms with van der Waals surface area (Å²) >= 11 is 0. The minimum absolute atomic E-state index is 0.0209. The highest BCUT2D eigenvalue weighted by Gasteiger charge is 2.48. The van der Waals surface area contributed by atoms with E-state index >= 15 is 0 Å². The largest absolute Gasteiger partial charge is 0.497 e. The van der Waals surface area contributed by atoms with Gasteiger partial charge in [-0.1, -0.05) is 31.4 Å². The highest BCUT2D eigenvalue weighted by molar-refractivity contribution is 5.76. The molecule has 3 aliphatic rings. The number of urea groups is 1. The predicted octanol–water partition coefficient (Wildman–Crippen LogP) is 2.79. The topological polar surface area (TPSA) is 71.1 Å². The molecule has 2 atom stereocenters. The number of methoxy groups -OCH3 is 1. The predicted molar refractivity (Wildman–Crippen MR) is 104 cm³/mol. The Morgan fingerprint density at radius 1 is 1.18 bits per heavy atom. The quantitative estimate of drug-likeness (QED) is 0.843. The van der Waals surface area contributed by atoms with Crippen LogP contribution in [0.15, 0.2) is 24.3 Å². The van der Waals surface area contributed by atoms with Crippen molar-refractivity contribution in [3.8, 4) is 5.75 Å². The van der Waals surface area contributed by atoms with E-state index in [4.69, 9.17) is 9.47 Å². The van der Waals surface area contributed by atoms with Gasteiger partial charge in [-0.25, -0.2) is 9.59 Å². The van der Waals surface area contributed by atoms with Gasteiger partial charge >= 0.3 is 12.1 Å². The maximum Gasteiger partial charge on any atom is 0.410 e. The van der Waals surface area contributed by atoms with Crippen LogP contribution in [-0.2, 0) is 11.2 Å². The minimum Gasteiger partial charge on any atom is -0.497 e. The van der Waals surface area contributed by atoms with Crippen molar-refractivity contribution in [3.05, 3.63) is 29.8 Å². The third-order valence-corrected chi connectivity index (χ3v) is 6.14. The number of amides is 3. The first-order valence-electron chi connectivity index (χ1n) is 10.3. The number of carbonyl (C=O) groups excluding carboxylic acids is 2. The van der Waals surface area contributed by atoms with Crippen LogP contribution in [0.3, 0.4) is 0 Å². The lowest BCUT2D eigenvalue weighted by atomic mass is 9.96. The zero-order valence-electron chi connectivity index (χ0n) is 16.4. The Morgan fingerprint density at radius 3 is 2.64 bits per heavy atom. The molecule has 7 nitrogen and oxygen atoms in total. The number of hydrogen-bond donors (Lipinski definition) is 1. The monoisotopic (exact) mass is 387 g/mol. The van der Waals surface area contributed by atoms with E-state index in [-0.39, 0.29) is 30.3 Å². The number of fused-ring (bicyclic) bond motifs is 1. The van der Waals surface area contributed by atoms with Gasteiger partial charge < -0.3 is 19.7 Å². The van der Waals surface area contributed by atoms with E-state index in [0.717, 1.165) is 30.6 Å². The SMILES string of the molecule is COc1ccc(CCN2C(=O)OC3CN(C(=O)NC4CCCCC4)CC32)cc1. The zero-order chi connectivity index (χ0) is 19.5. The van der Waals surface area contributed by atoms with Gasteiger partial charge in [0, 0.05) is 19.1 Å². The summed E-state index contributed by atoms with van der Waals surface area (Å²) in [5.41, 5.74) is 1.14. The summed E-state index contributed by atoms with van der Waals surface area (Å²) in [6.07, 6.45) is 6.03. The van der Waals surface area contributed by atoms with Gasteiger partial charge in [-0.05, 0) is 37.0 Å². The average Bonchev–Trinajstić information content (AvgIpc) is 3.25. The van der Waals surface area contributed by atoms with Crippen molar-refractivity contribution in [2.75, 3.05) is 26.7 Å². The number of benzene rings is 1. The number of nitrogens with one attached hydrogen (secondary N) is 1. The summed E-state index contributed by atoms with van der Waals surface area (Å²) in [6.45, 7) is 1.61. The van der Waals surface area contributed by atoms with E-state index in [9.17, 15) is 9.59 Å². The van der Waals surface area contributed by atoms with Crippen molar-refractivity contribution >= 4 is 12.1 Å². The molecule has 0 aromatic heterocycles. The van der Waals surface area contributed by atoms with Crippen LogP contribution in [0.5, 0.6) is 5.75 Å². The maximum atomic E-state index is 12.6. The number of carbonyl (C=O) groups is 2. The van der Waals surface area contributed by atoms with Gasteiger partial charge in [0.1, 0.15) is 11.9 Å². The molecule has 7 heteroatoms. The number of rotatable bonds is 5. The molecule has 1 aromatic rings. The lowest BCUT2D eigenvalue weighted by Gasteiger charge is -2.27. The van der Waals surface area contributed by atoms with Crippen molar-refractivity contribution < 1.29 is 19.1 Å².